The van der Waals surface area contributed by atoms with Crippen LogP contribution in [0.25, 0.3) is 11.0 Å². The van der Waals surface area contributed by atoms with E-state index in [2.05, 4.69) is 4.98 Å². The van der Waals surface area contributed by atoms with Crippen molar-refractivity contribution in [3.63, 3.8) is 0 Å². The topological polar surface area (TPSA) is 63.4 Å². The van der Waals surface area contributed by atoms with Gasteiger partial charge < -0.3 is 9.32 Å². The summed E-state index contributed by atoms with van der Waals surface area (Å²) in [4.78, 5) is 32.5. The fourth-order valence-corrected chi connectivity index (χ4v) is 4.18. The van der Waals surface area contributed by atoms with Gasteiger partial charge in [0, 0.05) is 24.0 Å². The summed E-state index contributed by atoms with van der Waals surface area (Å²) in [5.74, 6) is -0.179. The molecule has 6 heteroatoms. The van der Waals surface area contributed by atoms with E-state index in [-0.39, 0.29) is 17.1 Å². The van der Waals surface area contributed by atoms with Crippen molar-refractivity contribution in [2.45, 2.75) is 12.5 Å². The molecule has 30 heavy (non-hydrogen) atoms. The summed E-state index contributed by atoms with van der Waals surface area (Å²) in [5.41, 5.74) is 2.42. The van der Waals surface area contributed by atoms with Crippen LogP contribution in [0.4, 0.5) is 0 Å². The zero-order valence-corrected chi connectivity index (χ0v) is 16.7. The van der Waals surface area contributed by atoms with Gasteiger partial charge in [0.2, 0.25) is 5.76 Å². The van der Waals surface area contributed by atoms with Crippen LogP contribution in [0.5, 0.6) is 0 Å². The second-order valence-electron chi connectivity index (χ2n) is 7.23. The van der Waals surface area contributed by atoms with E-state index < -0.39 is 6.04 Å². The highest BCUT2D eigenvalue weighted by Crippen LogP contribution is 2.38. The van der Waals surface area contributed by atoms with Gasteiger partial charge >= 0.3 is 0 Å². The highest BCUT2D eigenvalue weighted by molar-refractivity contribution is 6.31. The molecule has 2 aromatic carbocycles. The summed E-state index contributed by atoms with van der Waals surface area (Å²) in [6.07, 6.45) is 3.99. The van der Waals surface area contributed by atoms with Gasteiger partial charge in [-0.05, 0) is 47.9 Å². The molecule has 3 heterocycles. The van der Waals surface area contributed by atoms with Crippen molar-refractivity contribution in [3.05, 3.63) is 111 Å². The number of carbonyl (C=O) groups excluding carboxylic acids is 1. The number of nitrogens with zero attached hydrogens (tertiary/aromatic N) is 2. The van der Waals surface area contributed by atoms with E-state index in [0.29, 0.717) is 34.5 Å². The molecule has 2 aromatic heterocycles. The molecule has 0 saturated carbocycles. The Kier molecular flexibility index (Phi) is 4.60. The second-order valence-corrected chi connectivity index (χ2v) is 7.67. The van der Waals surface area contributed by atoms with Gasteiger partial charge in [0.1, 0.15) is 5.58 Å². The van der Waals surface area contributed by atoms with Gasteiger partial charge in [-0.25, -0.2) is 0 Å². The van der Waals surface area contributed by atoms with Crippen LogP contribution in [0.3, 0.4) is 0 Å². The average Bonchev–Trinajstić information content (AvgIpc) is 3.06. The van der Waals surface area contributed by atoms with Gasteiger partial charge in [0.05, 0.1) is 17.0 Å². The number of hydrogen-bond acceptors (Lipinski definition) is 4. The molecule has 0 radical (unpaired) electrons. The Morgan fingerprint density at radius 3 is 2.53 bits per heavy atom. The number of fused-ring (bicyclic) bond motifs is 2. The van der Waals surface area contributed by atoms with Gasteiger partial charge in [-0.2, -0.15) is 0 Å². The molecule has 0 aliphatic carbocycles. The van der Waals surface area contributed by atoms with E-state index in [0.717, 1.165) is 11.1 Å². The summed E-state index contributed by atoms with van der Waals surface area (Å²) < 4.78 is 5.92. The number of hydrogen-bond donors (Lipinski definition) is 0. The minimum atomic E-state index is -0.529. The molecular formula is C24H17ClN2O3. The number of carbonyl (C=O) groups is 1. The lowest BCUT2D eigenvalue weighted by atomic mass is 9.99. The second kappa shape index (κ2) is 7.43. The summed E-state index contributed by atoms with van der Waals surface area (Å²) in [7, 11) is 0. The maximum atomic E-state index is 13.4. The normalized spacial score (nSPS) is 15.6. The molecule has 1 amide bonds. The predicted molar refractivity (Wildman–Crippen MR) is 115 cm³/mol. The van der Waals surface area contributed by atoms with Gasteiger partial charge in [-0.1, -0.05) is 41.9 Å². The van der Waals surface area contributed by atoms with Crippen molar-refractivity contribution in [3.8, 4) is 0 Å². The van der Waals surface area contributed by atoms with Crippen LogP contribution in [0.2, 0.25) is 5.02 Å². The smallest absolute Gasteiger partial charge is 0.290 e. The van der Waals surface area contributed by atoms with Gasteiger partial charge in [-0.15, -0.1) is 0 Å². The number of rotatable bonds is 4. The molecule has 1 atom stereocenters. The Balaban J connectivity index is 1.65. The summed E-state index contributed by atoms with van der Waals surface area (Å²) in [6.45, 7) is 0.455. The van der Waals surface area contributed by atoms with E-state index in [1.54, 1.807) is 35.5 Å². The molecule has 0 bridgehead atoms. The Morgan fingerprint density at radius 1 is 1.00 bits per heavy atom. The van der Waals surface area contributed by atoms with Crippen molar-refractivity contribution in [2.75, 3.05) is 6.54 Å². The average molecular weight is 417 g/mol. The number of aromatic nitrogens is 1. The van der Waals surface area contributed by atoms with Gasteiger partial charge in [0.25, 0.3) is 5.91 Å². The Labute approximate surface area is 177 Å². The van der Waals surface area contributed by atoms with Crippen LogP contribution >= 0.6 is 11.6 Å². The van der Waals surface area contributed by atoms with Crippen molar-refractivity contribution in [2.24, 2.45) is 0 Å². The van der Waals surface area contributed by atoms with Gasteiger partial charge in [0.15, 0.2) is 5.43 Å². The molecule has 0 spiro atoms. The maximum absolute atomic E-state index is 13.4. The molecule has 1 aliphatic rings. The third-order valence-electron chi connectivity index (χ3n) is 5.43. The summed E-state index contributed by atoms with van der Waals surface area (Å²) in [6, 6.07) is 17.9. The van der Waals surface area contributed by atoms with Crippen molar-refractivity contribution in [1.29, 1.82) is 0 Å². The quantitative estimate of drug-likeness (QED) is 0.486. The van der Waals surface area contributed by atoms with E-state index in [1.807, 2.05) is 42.5 Å². The number of amides is 1. The van der Waals surface area contributed by atoms with E-state index in [9.17, 15) is 9.59 Å². The van der Waals surface area contributed by atoms with Crippen LogP contribution in [0.1, 0.15) is 33.3 Å². The minimum absolute atomic E-state index is 0.102. The molecule has 1 unspecified atom stereocenters. The Hall–Kier alpha value is -3.44. The van der Waals surface area contributed by atoms with E-state index in [4.69, 9.17) is 16.0 Å². The minimum Gasteiger partial charge on any atom is -0.450 e. The first kappa shape index (κ1) is 18.6. The van der Waals surface area contributed by atoms with Crippen molar-refractivity contribution in [1.82, 2.24) is 9.88 Å². The summed E-state index contributed by atoms with van der Waals surface area (Å²) >= 11 is 6.10. The number of pyridine rings is 1. The number of benzene rings is 2. The zero-order valence-electron chi connectivity index (χ0n) is 15.9. The monoisotopic (exact) mass is 416 g/mol. The highest BCUT2D eigenvalue weighted by atomic mass is 35.5. The predicted octanol–water partition coefficient (Wildman–Crippen LogP) is 4.63. The standard InChI is InChI=1S/C24H17ClN2O3/c25-17-6-7-19-18(14-17)22(28)20-21(16-8-11-26-12-9-16)27(24(29)23(20)30-19)13-10-15-4-2-1-3-5-15/h1-9,11-12,14,21H,10,13H2. The van der Waals surface area contributed by atoms with Crippen LogP contribution in [-0.4, -0.2) is 22.3 Å². The van der Waals surface area contributed by atoms with Crippen LogP contribution in [0, 0.1) is 0 Å². The SMILES string of the molecule is O=C1c2oc3ccc(Cl)cc3c(=O)c2C(c2ccncc2)N1CCc1ccccc1. The fraction of sp³-hybridized carbons (Fsp3) is 0.125. The highest BCUT2D eigenvalue weighted by Gasteiger charge is 2.42. The Bertz CT molecular complexity index is 1300. The van der Waals surface area contributed by atoms with E-state index >= 15 is 0 Å². The Morgan fingerprint density at radius 2 is 1.77 bits per heavy atom. The van der Waals surface area contributed by atoms with Crippen LogP contribution in [0.15, 0.2) is 82.3 Å². The third kappa shape index (κ3) is 3.08. The number of halogens is 1. The van der Waals surface area contributed by atoms with Crippen LogP contribution < -0.4 is 5.43 Å². The first-order valence-corrected chi connectivity index (χ1v) is 10.0. The van der Waals surface area contributed by atoms with Crippen LogP contribution in [-0.2, 0) is 6.42 Å². The molecule has 5 rings (SSSR count). The molecule has 5 nitrogen and oxygen atoms in total. The molecule has 4 aromatic rings. The summed E-state index contributed by atoms with van der Waals surface area (Å²) in [5, 5.41) is 0.818. The zero-order chi connectivity index (χ0) is 20.7. The third-order valence-corrected chi connectivity index (χ3v) is 5.67. The molecular weight excluding hydrogens is 400 g/mol. The lowest BCUT2D eigenvalue weighted by Crippen LogP contribution is -2.31. The molecule has 0 saturated heterocycles. The molecule has 148 valence electrons. The fourth-order valence-electron chi connectivity index (χ4n) is 4.01. The van der Waals surface area contributed by atoms with Gasteiger partial charge in [-0.3, -0.25) is 14.6 Å². The lowest BCUT2D eigenvalue weighted by molar-refractivity contribution is 0.0730. The molecule has 0 fully saturated rings. The first-order chi connectivity index (χ1) is 14.6. The first-order valence-electron chi connectivity index (χ1n) is 9.64. The molecule has 0 N–H and O–H groups in total. The lowest BCUT2D eigenvalue weighted by Gasteiger charge is -2.25. The van der Waals surface area contributed by atoms with Crippen molar-refractivity contribution >= 4 is 28.5 Å². The van der Waals surface area contributed by atoms with Crippen molar-refractivity contribution < 1.29 is 9.21 Å². The van der Waals surface area contributed by atoms with E-state index in [1.165, 1.54) is 0 Å². The largest absolute Gasteiger partial charge is 0.450 e. The molecule has 1 aliphatic heterocycles. The maximum Gasteiger partial charge on any atom is 0.290 e.